The summed E-state index contributed by atoms with van der Waals surface area (Å²) in [6.45, 7) is 7.60. The second-order valence-electron chi connectivity index (χ2n) is 6.56. The molecule has 1 aromatic rings. The quantitative estimate of drug-likeness (QED) is 0.787. The molecule has 2 unspecified atom stereocenters. The number of hydrogen-bond donors (Lipinski definition) is 2. The van der Waals surface area contributed by atoms with Crippen LogP contribution in [0.1, 0.15) is 44.2 Å². The van der Waals surface area contributed by atoms with E-state index in [2.05, 4.69) is 5.32 Å². The molecule has 1 aliphatic rings. The maximum Gasteiger partial charge on any atom is 0.240 e. The van der Waals surface area contributed by atoms with Crippen molar-refractivity contribution in [2.75, 3.05) is 13.2 Å². The number of carbonyl (C=O) groups excluding carboxylic acids is 1. The molecule has 3 N–H and O–H groups in total. The Balaban J connectivity index is 0.00000288. The zero-order chi connectivity index (χ0) is 16.9. The fourth-order valence-electron chi connectivity index (χ4n) is 2.71. The predicted octanol–water partition coefficient (Wildman–Crippen LogP) is 2.72. The molecular weight excluding hydrogens is 328 g/mol. The van der Waals surface area contributed by atoms with Crippen molar-refractivity contribution in [2.24, 2.45) is 5.73 Å². The Morgan fingerprint density at radius 2 is 2.25 bits per heavy atom. The van der Waals surface area contributed by atoms with Crippen LogP contribution in [0.5, 0.6) is 5.75 Å². The number of nitrogens with two attached hydrogens (primary N) is 1. The van der Waals surface area contributed by atoms with E-state index in [9.17, 15) is 4.79 Å². The Hall–Kier alpha value is -1.30. The van der Waals surface area contributed by atoms with Gasteiger partial charge < -0.3 is 20.5 Å². The van der Waals surface area contributed by atoms with E-state index < -0.39 is 5.54 Å². The molecule has 0 aliphatic carbocycles. The number of aryl methyl sites for hydroxylation is 1. The number of carbonyl (C=O) groups is 1. The van der Waals surface area contributed by atoms with Crippen molar-refractivity contribution >= 4 is 18.3 Å². The average Bonchev–Trinajstić information content (AvgIpc) is 2.99. The minimum Gasteiger partial charge on any atom is -0.488 e. The molecule has 1 fully saturated rings. The summed E-state index contributed by atoms with van der Waals surface area (Å²) in [6, 6.07) is 6.02. The highest BCUT2D eigenvalue weighted by Crippen LogP contribution is 2.24. The highest BCUT2D eigenvalue weighted by atomic mass is 35.5. The van der Waals surface area contributed by atoms with Crippen LogP contribution in [0, 0.1) is 6.92 Å². The van der Waals surface area contributed by atoms with Gasteiger partial charge in [0.15, 0.2) is 0 Å². The smallest absolute Gasteiger partial charge is 0.240 e. The van der Waals surface area contributed by atoms with Crippen molar-refractivity contribution in [2.45, 2.75) is 58.2 Å². The van der Waals surface area contributed by atoms with Crippen LogP contribution in [-0.4, -0.2) is 30.8 Å². The van der Waals surface area contributed by atoms with Gasteiger partial charge in [0.05, 0.1) is 18.8 Å². The van der Waals surface area contributed by atoms with Gasteiger partial charge >= 0.3 is 0 Å². The van der Waals surface area contributed by atoms with E-state index in [-0.39, 0.29) is 24.4 Å². The van der Waals surface area contributed by atoms with Gasteiger partial charge in [-0.3, -0.25) is 4.79 Å². The zero-order valence-electron chi connectivity index (χ0n) is 14.8. The first-order valence-electron chi connectivity index (χ1n) is 8.33. The first-order chi connectivity index (χ1) is 10.9. The van der Waals surface area contributed by atoms with Crippen LogP contribution >= 0.6 is 12.4 Å². The largest absolute Gasteiger partial charge is 0.488 e. The van der Waals surface area contributed by atoms with Crippen molar-refractivity contribution in [1.82, 2.24) is 5.32 Å². The van der Waals surface area contributed by atoms with E-state index in [4.69, 9.17) is 15.2 Å². The topological polar surface area (TPSA) is 73.6 Å². The Morgan fingerprint density at radius 3 is 2.88 bits per heavy atom. The van der Waals surface area contributed by atoms with Gasteiger partial charge in [0, 0.05) is 18.5 Å². The number of nitrogens with one attached hydrogen (secondary N) is 1. The van der Waals surface area contributed by atoms with Gasteiger partial charge in [0.2, 0.25) is 5.91 Å². The molecule has 24 heavy (non-hydrogen) atoms. The van der Waals surface area contributed by atoms with Gasteiger partial charge in [-0.15, -0.1) is 12.4 Å². The van der Waals surface area contributed by atoms with Crippen molar-refractivity contribution in [3.05, 3.63) is 29.3 Å². The number of halogens is 1. The third kappa shape index (κ3) is 5.65. The third-order valence-corrected chi connectivity index (χ3v) is 4.13. The molecule has 6 heteroatoms. The molecule has 2 rings (SSSR count). The Bertz CT molecular complexity index is 543. The molecule has 5 nitrogen and oxygen atoms in total. The Labute approximate surface area is 150 Å². The van der Waals surface area contributed by atoms with Crippen LogP contribution in [0.15, 0.2) is 18.2 Å². The lowest BCUT2D eigenvalue weighted by atomic mass is 9.96. The van der Waals surface area contributed by atoms with E-state index in [0.717, 1.165) is 36.3 Å². The van der Waals surface area contributed by atoms with Crippen LogP contribution in [0.3, 0.4) is 0 Å². The standard InChI is InChI=1S/C18H28N2O3.ClH/c1-4-8-18(3,19)17(21)20-11-14-6-5-13(2)10-16(14)23-15-7-9-22-12-15;/h5-6,10,15H,4,7-9,11-12,19H2,1-3H3,(H,20,21);1H. The predicted molar refractivity (Wildman–Crippen MR) is 97.6 cm³/mol. The van der Waals surface area contributed by atoms with Crippen molar-refractivity contribution in [1.29, 1.82) is 0 Å². The average molecular weight is 357 g/mol. The van der Waals surface area contributed by atoms with Gasteiger partial charge in [-0.2, -0.15) is 0 Å². The molecule has 1 heterocycles. The fraction of sp³-hybridized carbons (Fsp3) is 0.611. The Morgan fingerprint density at radius 1 is 1.50 bits per heavy atom. The van der Waals surface area contributed by atoms with Crippen LogP contribution in [0.2, 0.25) is 0 Å². The number of benzene rings is 1. The lowest BCUT2D eigenvalue weighted by Gasteiger charge is -2.23. The van der Waals surface area contributed by atoms with Crippen molar-refractivity contribution in [3.8, 4) is 5.75 Å². The lowest BCUT2D eigenvalue weighted by molar-refractivity contribution is -0.126. The SMILES string of the molecule is CCCC(C)(N)C(=O)NCc1ccc(C)cc1OC1CCOC1.Cl. The maximum absolute atomic E-state index is 12.3. The van der Waals surface area contributed by atoms with Gasteiger partial charge in [-0.05, 0) is 31.9 Å². The summed E-state index contributed by atoms with van der Waals surface area (Å²) in [7, 11) is 0. The summed E-state index contributed by atoms with van der Waals surface area (Å²) < 4.78 is 11.4. The normalized spacial score (nSPS) is 19.2. The highest BCUT2D eigenvalue weighted by molar-refractivity contribution is 5.85. The third-order valence-electron chi connectivity index (χ3n) is 4.13. The van der Waals surface area contributed by atoms with Gasteiger partial charge in [0.25, 0.3) is 0 Å². The second-order valence-corrected chi connectivity index (χ2v) is 6.56. The molecule has 1 aliphatic heterocycles. The molecule has 0 aromatic heterocycles. The summed E-state index contributed by atoms with van der Waals surface area (Å²) in [4.78, 5) is 12.3. The van der Waals surface area contributed by atoms with E-state index in [1.165, 1.54) is 0 Å². The summed E-state index contributed by atoms with van der Waals surface area (Å²) in [5, 5.41) is 2.93. The molecule has 0 spiro atoms. The summed E-state index contributed by atoms with van der Waals surface area (Å²) >= 11 is 0. The van der Waals surface area contributed by atoms with Crippen LogP contribution < -0.4 is 15.8 Å². The first kappa shape index (κ1) is 20.7. The van der Waals surface area contributed by atoms with Crippen molar-refractivity contribution in [3.63, 3.8) is 0 Å². The molecule has 1 aromatic carbocycles. The van der Waals surface area contributed by atoms with E-state index in [1.54, 1.807) is 6.92 Å². The molecule has 2 atom stereocenters. The molecule has 1 amide bonds. The van der Waals surface area contributed by atoms with Gasteiger partial charge in [-0.1, -0.05) is 25.5 Å². The highest BCUT2D eigenvalue weighted by Gasteiger charge is 2.27. The van der Waals surface area contributed by atoms with Gasteiger partial charge in [0.1, 0.15) is 11.9 Å². The minimum absolute atomic E-state index is 0. The molecule has 0 radical (unpaired) electrons. The lowest BCUT2D eigenvalue weighted by Crippen LogP contribution is -2.51. The number of amides is 1. The monoisotopic (exact) mass is 356 g/mol. The van der Waals surface area contributed by atoms with E-state index >= 15 is 0 Å². The molecule has 1 saturated heterocycles. The Kier molecular flexibility index (Phi) is 8.00. The number of hydrogen-bond acceptors (Lipinski definition) is 4. The summed E-state index contributed by atoms with van der Waals surface area (Å²) in [5.41, 5.74) is 7.33. The number of ether oxygens (including phenoxy) is 2. The van der Waals surface area contributed by atoms with E-state index in [0.29, 0.717) is 19.6 Å². The fourth-order valence-corrected chi connectivity index (χ4v) is 2.71. The first-order valence-corrected chi connectivity index (χ1v) is 8.33. The molecule has 136 valence electrons. The van der Waals surface area contributed by atoms with E-state index in [1.807, 2.05) is 32.0 Å². The van der Waals surface area contributed by atoms with Crippen molar-refractivity contribution < 1.29 is 14.3 Å². The van der Waals surface area contributed by atoms with Crippen LogP contribution in [0.25, 0.3) is 0 Å². The molecule has 0 bridgehead atoms. The van der Waals surface area contributed by atoms with Gasteiger partial charge in [-0.25, -0.2) is 0 Å². The summed E-state index contributed by atoms with van der Waals surface area (Å²) in [5.74, 6) is 0.685. The maximum atomic E-state index is 12.3. The van der Waals surface area contributed by atoms with Crippen LogP contribution in [-0.2, 0) is 16.1 Å². The second kappa shape index (κ2) is 9.25. The minimum atomic E-state index is -0.834. The number of rotatable bonds is 7. The molecular formula is C18H29ClN2O3. The summed E-state index contributed by atoms with van der Waals surface area (Å²) in [6.07, 6.45) is 2.53. The zero-order valence-corrected chi connectivity index (χ0v) is 15.6. The van der Waals surface area contributed by atoms with Crippen LogP contribution in [0.4, 0.5) is 0 Å². The molecule has 0 saturated carbocycles.